The number of sulfonamides is 1. The van der Waals surface area contributed by atoms with Gasteiger partial charge in [0, 0.05) is 28.1 Å². The summed E-state index contributed by atoms with van der Waals surface area (Å²) in [5.41, 5.74) is 0.886. The average molecular weight is 613 g/mol. The van der Waals surface area contributed by atoms with Gasteiger partial charge in [0.15, 0.2) is 0 Å². The number of benzene rings is 3. The summed E-state index contributed by atoms with van der Waals surface area (Å²) < 4.78 is 29.1. The maximum Gasteiger partial charge on any atom is 0.264 e. The van der Waals surface area contributed by atoms with E-state index in [1.165, 1.54) is 42.3 Å². The lowest BCUT2D eigenvalue weighted by atomic mass is 10.1. The van der Waals surface area contributed by atoms with Gasteiger partial charge in [-0.1, -0.05) is 69.5 Å². The van der Waals surface area contributed by atoms with Crippen LogP contribution in [0.15, 0.2) is 82.2 Å². The van der Waals surface area contributed by atoms with Crippen molar-refractivity contribution in [2.45, 2.75) is 24.4 Å². The summed E-state index contributed by atoms with van der Waals surface area (Å²) in [5, 5.41) is 2.97. The van der Waals surface area contributed by atoms with Crippen LogP contribution in [0.25, 0.3) is 0 Å². The molecule has 3 aromatic rings. The smallest absolute Gasteiger partial charge is 0.264 e. The maximum absolute atomic E-state index is 13.7. The van der Waals surface area contributed by atoms with Gasteiger partial charge in [-0.25, -0.2) is 8.42 Å². The van der Waals surface area contributed by atoms with Crippen LogP contribution in [0.2, 0.25) is 10.0 Å². The number of hydrogen-bond donors (Lipinski definition) is 1. The van der Waals surface area contributed by atoms with E-state index in [0.717, 1.165) is 14.3 Å². The highest BCUT2D eigenvalue weighted by atomic mass is 79.9. The van der Waals surface area contributed by atoms with Crippen LogP contribution in [0.4, 0.5) is 5.69 Å². The van der Waals surface area contributed by atoms with Crippen LogP contribution in [0, 0.1) is 0 Å². The third-order valence-corrected chi connectivity index (χ3v) is 8.12. The molecule has 0 saturated heterocycles. The Kier molecular flexibility index (Phi) is 9.41. The topological polar surface area (TPSA) is 86.8 Å². The minimum absolute atomic E-state index is 0.00760. The zero-order valence-corrected chi connectivity index (χ0v) is 23.4. The van der Waals surface area contributed by atoms with Gasteiger partial charge >= 0.3 is 0 Å². The molecule has 0 fully saturated rings. The van der Waals surface area contributed by atoms with E-state index >= 15 is 0 Å². The summed E-state index contributed by atoms with van der Waals surface area (Å²) in [7, 11) is -2.71. The molecule has 0 radical (unpaired) electrons. The lowest BCUT2D eigenvalue weighted by molar-refractivity contribution is -0.139. The highest BCUT2D eigenvalue weighted by Crippen LogP contribution is 2.30. The number of carbonyl (C=O) groups is 2. The minimum atomic E-state index is -4.19. The Morgan fingerprint density at radius 1 is 0.972 bits per heavy atom. The molecule has 0 bridgehead atoms. The second-order valence-corrected chi connectivity index (χ2v) is 11.5. The van der Waals surface area contributed by atoms with Gasteiger partial charge < -0.3 is 10.2 Å². The Bertz CT molecular complexity index is 1340. The molecular weight excluding hydrogens is 589 g/mol. The number of rotatable bonds is 9. The first-order valence-electron chi connectivity index (χ1n) is 10.8. The minimum Gasteiger partial charge on any atom is -0.357 e. The van der Waals surface area contributed by atoms with Crippen molar-refractivity contribution in [3.63, 3.8) is 0 Å². The Balaban J connectivity index is 2.06. The molecular formula is C25H24BrCl2N3O4S. The summed E-state index contributed by atoms with van der Waals surface area (Å²) in [6, 6.07) is 18.5. The van der Waals surface area contributed by atoms with Gasteiger partial charge in [-0.2, -0.15) is 0 Å². The summed E-state index contributed by atoms with van der Waals surface area (Å²) in [6.45, 7) is 1.09. The molecule has 36 heavy (non-hydrogen) atoms. The van der Waals surface area contributed by atoms with E-state index in [-0.39, 0.29) is 33.1 Å². The Labute approximate surface area is 229 Å². The van der Waals surface area contributed by atoms with Gasteiger partial charge in [0.05, 0.1) is 10.6 Å². The SMILES string of the molecule is CNC(=O)[C@H](C)N(Cc1cccc(Br)c1)C(=O)CN(c1cc(Cl)cc(Cl)c1)S(=O)(=O)c1ccccc1. The Morgan fingerprint density at radius 3 is 2.19 bits per heavy atom. The fraction of sp³-hybridized carbons (Fsp3) is 0.200. The molecule has 0 aliphatic rings. The van der Waals surface area contributed by atoms with E-state index in [1.54, 1.807) is 25.1 Å². The lowest BCUT2D eigenvalue weighted by Gasteiger charge is -2.32. The molecule has 0 spiro atoms. The third-order valence-electron chi connectivity index (χ3n) is 5.40. The molecule has 3 aromatic carbocycles. The van der Waals surface area contributed by atoms with E-state index < -0.39 is 28.5 Å². The van der Waals surface area contributed by atoms with Crippen molar-refractivity contribution in [2.75, 3.05) is 17.9 Å². The molecule has 0 aliphatic heterocycles. The zero-order chi connectivity index (χ0) is 26.5. The van der Waals surface area contributed by atoms with Gasteiger partial charge in [0.2, 0.25) is 11.8 Å². The van der Waals surface area contributed by atoms with Crippen LogP contribution in [-0.2, 0) is 26.2 Å². The molecule has 11 heteroatoms. The normalized spacial score (nSPS) is 12.0. The number of halogens is 3. The Morgan fingerprint density at radius 2 is 1.61 bits per heavy atom. The predicted molar refractivity (Wildman–Crippen MR) is 146 cm³/mol. The zero-order valence-electron chi connectivity index (χ0n) is 19.5. The summed E-state index contributed by atoms with van der Waals surface area (Å²) in [5.74, 6) is -0.969. The highest BCUT2D eigenvalue weighted by Gasteiger charge is 2.32. The first kappa shape index (κ1) is 28.0. The third kappa shape index (κ3) is 6.79. The first-order valence-corrected chi connectivity index (χ1v) is 13.8. The van der Waals surface area contributed by atoms with Gasteiger partial charge in [0.1, 0.15) is 12.6 Å². The van der Waals surface area contributed by atoms with E-state index in [1.807, 2.05) is 24.3 Å². The van der Waals surface area contributed by atoms with Crippen LogP contribution >= 0.6 is 39.1 Å². The molecule has 190 valence electrons. The second kappa shape index (κ2) is 12.1. The Hall–Kier alpha value is -2.59. The van der Waals surface area contributed by atoms with E-state index in [9.17, 15) is 18.0 Å². The van der Waals surface area contributed by atoms with Crippen molar-refractivity contribution in [2.24, 2.45) is 0 Å². The van der Waals surface area contributed by atoms with Crippen LogP contribution in [0.1, 0.15) is 12.5 Å². The highest BCUT2D eigenvalue weighted by molar-refractivity contribution is 9.10. The van der Waals surface area contributed by atoms with Gasteiger partial charge in [-0.3, -0.25) is 13.9 Å². The number of carbonyl (C=O) groups excluding carboxylic acids is 2. The number of likely N-dealkylation sites (N-methyl/N-ethyl adjacent to an activating group) is 1. The molecule has 2 amide bonds. The number of amides is 2. The van der Waals surface area contributed by atoms with Gasteiger partial charge in [-0.05, 0) is 55.0 Å². The van der Waals surface area contributed by atoms with E-state index in [4.69, 9.17) is 23.2 Å². The monoisotopic (exact) mass is 611 g/mol. The molecule has 3 rings (SSSR count). The van der Waals surface area contributed by atoms with Crippen LogP contribution < -0.4 is 9.62 Å². The standard InChI is InChI=1S/C25H24BrCl2N3O4S/c1-17(25(33)29-2)30(15-18-7-6-8-19(26)11-18)24(32)16-31(22-13-20(27)12-21(28)14-22)36(34,35)23-9-4-3-5-10-23/h3-14,17H,15-16H2,1-2H3,(H,29,33)/t17-/m0/s1. The lowest BCUT2D eigenvalue weighted by Crippen LogP contribution is -2.50. The molecule has 0 saturated carbocycles. The fourth-order valence-corrected chi connectivity index (χ4v) is 5.94. The molecule has 0 heterocycles. The predicted octanol–water partition coefficient (Wildman–Crippen LogP) is 5.11. The fourth-order valence-electron chi connectivity index (χ4n) is 3.56. The van der Waals surface area contributed by atoms with Crippen LogP contribution in [0.5, 0.6) is 0 Å². The second-order valence-electron chi connectivity index (χ2n) is 7.89. The number of nitrogens with one attached hydrogen (secondary N) is 1. The van der Waals surface area contributed by atoms with Crippen molar-refractivity contribution in [1.82, 2.24) is 10.2 Å². The number of hydrogen-bond acceptors (Lipinski definition) is 4. The van der Waals surface area contributed by atoms with Crippen molar-refractivity contribution in [3.8, 4) is 0 Å². The average Bonchev–Trinajstić information content (AvgIpc) is 2.84. The van der Waals surface area contributed by atoms with Gasteiger partial charge in [0.25, 0.3) is 10.0 Å². The van der Waals surface area contributed by atoms with Crippen LogP contribution in [-0.4, -0.2) is 44.8 Å². The molecule has 0 aromatic heterocycles. The molecule has 0 unspecified atom stereocenters. The van der Waals surface area contributed by atoms with Crippen molar-refractivity contribution in [3.05, 3.63) is 92.9 Å². The summed E-state index contributed by atoms with van der Waals surface area (Å²) in [4.78, 5) is 27.5. The quantitative estimate of drug-likeness (QED) is 0.364. The summed E-state index contributed by atoms with van der Waals surface area (Å²) in [6.07, 6.45) is 0. The van der Waals surface area contributed by atoms with Crippen molar-refractivity contribution >= 4 is 66.7 Å². The van der Waals surface area contributed by atoms with Gasteiger partial charge in [-0.15, -0.1) is 0 Å². The molecule has 7 nitrogen and oxygen atoms in total. The molecule has 1 atom stereocenters. The summed E-state index contributed by atoms with van der Waals surface area (Å²) >= 11 is 15.7. The van der Waals surface area contributed by atoms with Crippen LogP contribution in [0.3, 0.4) is 0 Å². The molecule has 1 N–H and O–H groups in total. The maximum atomic E-state index is 13.7. The van der Waals surface area contributed by atoms with E-state index in [0.29, 0.717) is 0 Å². The number of anilines is 1. The van der Waals surface area contributed by atoms with Crippen molar-refractivity contribution < 1.29 is 18.0 Å². The molecule has 0 aliphatic carbocycles. The largest absolute Gasteiger partial charge is 0.357 e. The van der Waals surface area contributed by atoms with E-state index in [2.05, 4.69) is 21.2 Å². The van der Waals surface area contributed by atoms with Crippen molar-refractivity contribution in [1.29, 1.82) is 0 Å². The first-order chi connectivity index (χ1) is 17.0. The number of nitrogens with zero attached hydrogens (tertiary/aromatic N) is 2.